The summed E-state index contributed by atoms with van der Waals surface area (Å²) in [5.41, 5.74) is 5.71. The first-order valence-corrected chi connectivity index (χ1v) is 5.33. The number of carbonyl (C=O) groups is 1. The molecule has 1 rings (SSSR count). The van der Waals surface area contributed by atoms with E-state index in [4.69, 9.17) is 18.0 Å². The van der Waals surface area contributed by atoms with E-state index in [2.05, 4.69) is 5.32 Å². The summed E-state index contributed by atoms with van der Waals surface area (Å²) in [6, 6.07) is 2.89. The number of carbonyl (C=O) groups excluding carboxylic acids is 1. The minimum Gasteiger partial charge on any atom is -0.392 e. The lowest BCUT2D eigenvalue weighted by molar-refractivity contribution is -0.120. The molecule has 17 heavy (non-hydrogen) atoms. The van der Waals surface area contributed by atoms with Crippen molar-refractivity contribution >= 4 is 23.1 Å². The zero-order valence-electron chi connectivity index (χ0n) is 9.17. The molecule has 92 valence electrons. The molecular weight excluding hydrogens is 246 g/mol. The Morgan fingerprint density at radius 2 is 2.12 bits per heavy atom. The Morgan fingerprint density at radius 3 is 2.65 bits per heavy atom. The number of hydrogen-bond acceptors (Lipinski definition) is 2. The van der Waals surface area contributed by atoms with Crippen molar-refractivity contribution in [3.63, 3.8) is 0 Å². The summed E-state index contributed by atoms with van der Waals surface area (Å²) < 4.78 is 25.5. The Morgan fingerprint density at radius 1 is 1.47 bits per heavy atom. The predicted octanol–water partition coefficient (Wildman–Crippen LogP) is 1.30. The van der Waals surface area contributed by atoms with Crippen molar-refractivity contribution in [3.8, 4) is 0 Å². The van der Waals surface area contributed by atoms with Crippen LogP contribution in [0, 0.1) is 11.6 Å². The molecule has 0 aliphatic rings. The molecule has 0 saturated carbocycles. The Balaban J connectivity index is 2.62. The average Bonchev–Trinajstić information content (AvgIpc) is 2.23. The number of benzene rings is 1. The van der Waals surface area contributed by atoms with E-state index < -0.39 is 17.7 Å². The number of thiocarbonyl (C=S) groups is 1. The summed E-state index contributed by atoms with van der Waals surface area (Å²) in [4.78, 5) is 11.7. The number of hydrogen-bond donors (Lipinski definition) is 2. The molecular formula is C11H12F2N2OS. The van der Waals surface area contributed by atoms with E-state index in [1.54, 1.807) is 6.92 Å². The second-order valence-electron chi connectivity index (χ2n) is 3.62. The average molecular weight is 258 g/mol. The molecule has 0 heterocycles. The molecule has 0 bridgehead atoms. The van der Waals surface area contributed by atoms with Gasteiger partial charge in [0.25, 0.3) is 0 Å². The summed E-state index contributed by atoms with van der Waals surface area (Å²) in [6.45, 7) is 1.64. The molecule has 0 fully saturated rings. The molecule has 0 aliphatic carbocycles. The van der Waals surface area contributed by atoms with Crippen LogP contribution >= 0.6 is 12.2 Å². The lowest BCUT2D eigenvalue weighted by Crippen LogP contribution is -2.41. The van der Waals surface area contributed by atoms with Crippen LogP contribution in [0.4, 0.5) is 8.78 Å². The molecule has 1 amide bonds. The second kappa shape index (κ2) is 5.67. The third-order valence-corrected chi connectivity index (χ3v) is 2.51. The van der Waals surface area contributed by atoms with Crippen molar-refractivity contribution in [2.45, 2.75) is 19.4 Å². The van der Waals surface area contributed by atoms with Gasteiger partial charge in [-0.1, -0.05) is 18.3 Å². The zero-order valence-corrected chi connectivity index (χ0v) is 9.98. The van der Waals surface area contributed by atoms with Crippen molar-refractivity contribution in [1.29, 1.82) is 0 Å². The highest BCUT2D eigenvalue weighted by Gasteiger charge is 2.11. The van der Waals surface area contributed by atoms with Crippen LogP contribution in [0.2, 0.25) is 0 Å². The Bertz CT molecular complexity index is 451. The first-order valence-electron chi connectivity index (χ1n) is 4.92. The van der Waals surface area contributed by atoms with E-state index in [-0.39, 0.29) is 17.3 Å². The Labute approximate surface area is 103 Å². The van der Waals surface area contributed by atoms with Crippen LogP contribution < -0.4 is 11.1 Å². The molecule has 0 aliphatic heterocycles. The maximum Gasteiger partial charge on any atom is 0.224 e. The van der Waals surface area contributed by atoms with Gasteiger partial charge in [0.05, 0.1) is 17.5 Å². The van der Waals surface area contributed by atoms with Gasteiger partial charge in [-0.15, -0.1) is 0 Å². The van der Waals surface area contributed by atoms with E-state index in [0.717, 1.165) is 12.1 Å². The van der Waals surface area contributed by atoms with E-state index in [1.807, 2.05) is 0 Å². The Kier molecular flexibility index (Phi) is 4.51. The predicted molar refractivity (Wildman–Crippen MR) is 64.5 cm³/mol. The topological polar surface area (TPSA) is 55.1 Å². The third kappa shape index (κ3) is 4.07. The lowest BCUT2D eigenvalue weighted by atomic mass is 10.1. The SMILES string of the molecule is CC(NC(=O)Cc1ccc(F)c(F)c1)C(N)=S. The minimum absolute atomic E-state index is 0.0514. The molecule has 0 radical (unpaired) electrons. The number of amides is 1. The van der Waals surface area contributed by atoms with Gasteiger partial charge in [0, 0.05) is 0 Å². The summed E-state index contributed by atoms with van der Waals surface area (Å²) >= 11 is 4.69. The standard InChI is InChI=1S/C11H12F2N2OS/c1-6(11(14)17)15-10(16)5-7-2-3-8(12)9(13)4-7/h2-4,6H,5H2,1H3,(H2,14,17)(H,15,16). The van der Waals surface area contributed by atoms with Crippen molar-refractivity contribution in [2.75, 3.05) is 0 Å². The highest BCUT2D eigenvalue weighted by atomic mass is 32.1. The molecule has 3 nitrogen and oxygen atoms in total. The van der Waals surface area contributed by atoms with Gasteiger partial charge < -0.3 is 11.1 Å². The molecule has 0 spiro atoms. The van der Waals surface area contributed by atoms with Crippen LogP contribution in [-0.4, -0.2) is 16.9 Å². The fourth-order valence-corrected chi connectivity index (χ4v) is 1.26. The van der Waals surface area contributed by atoms with Crippen LogP contribution in [0.3, 0.4) is 0 Å². The van der Waals surface area contributed by atoms with Crippen molar-refractivity contribution < 1.29 is 13.6 Å². The van der Waals surface area contributed by atoms with Crippen LogP contribution in [0.25, 0.3) is 0 Å². The molecule has 1 aromatic carbocycles. The number of nitrogens with two attached hydrogens (primary N) is 1. The molecule has 0 saturated heterocycles. The van der Waals surface area contributed by atoms with Crippen LogP contribution in [-0.2, 0) is 11.2 Å². The molecule has 3 N–H and O–H groups in total. The third-order valence-electron chi connectivity index (χ3n) is 2.15. The van der Waals surface area contributed by atoms with Gasteiger partial charge in [-0.2, -0.15) is 0 Å². The normalized spacial score (nSPS) is 11.9. The van der Waals surface area contributed by atoms with Gasteiger partial charge in [-0.05, 0) is 24.6 Å². The smallest absolute Gasteiger partial charge is 0.224 e. The molecule has 6 heteroatoms. The van der Waals surface area contributed by atoms with Gasteiger partial charge in [-0.3, -0.25) is 4.79 Å². The second-order valence-corrected chi connectivity index (χ2v) is 4.09. The summed E-state index contributed by atoms with van der Waals surface area (Å²) in [7, 11) is 0. The molecule has 1 aromatic rings. The highest BCUT2D eigenvalue weighted by Crippen LogP contribution is 2.09. The van der Waals surface area contributed by atoms with E-state index >= 15 is 0 Å². The maximum absolute atomic E-state index is 12.9. The van der Waals surface area contributed by atoms with Crippen LogP contribution in [0.15, 0.2) is 18.2 Å². The van der Waals surface area contributed by atoms with E-state index in [9.17, 15) is 13.6 Å². The number of halogens is 2. The summed E-state index contributed by atoms with van der Waals surface area (Å²) in [5, 5.41) is 2.54. The van der Waals surface area contributed by atoms with Crippen LogP contribution in [0.5, 0.6) is 0 Å². The van der Waals surface area contributed by atoms with Crippen molar-refractivity contribution in [2.24, 2.45) is 5.73 Å². The van der Waals surface area contributed by atoms with Crippen molar-refractivity contribution in [1.82, 2.24) is 5.32 Å². The summed E-state index contributed by atoms with van der Waals surface area (Å²) in [5.74, 6) is -2.26. The maximum atomic E-state index is 12.9. The van der Waals surface area contributed by atoms with Gasteiger partial charge in [0.15, 0.2) is 11.6 Å². The van der Waals surface area contributed by atoms with Gasteiger partial charge in [0.2, 0.25) is 5.91 Å². The van der Waals surface area contributed by atoms with Gasteiger partial charge in [-0.25, -0.2) is 8.78 Å². The fraction of sp³-hybridized carbons (Fsp3) is 0.273. The molecule has 1 unspecified atom stereocenters. The quantitative estimate of drug-likeness (QED) is 0.800. The zero-order chi connectivity index (χ0) is 13.0. The Hall–Kier alpha value is -1.56. The monoisotopic (exact) mass is 258 g/mol. The van der Waals surface area contributed by atoms with Crippen molar-refractivity contribution in [3.05, 3.63) is 35.4 Å². The van der Waals surface area contributed by atoms with E-state index in [1.165, 1.54) is 6.07 Å². The van der Waals surface area contributed by atoms with E-state index in [0.29, 0.717) is 5.56 Å². The largest absolute Gasteiger partial charge is 0.392 e. The highest BCUT2D eigenvalue weighted by molar-refractivity contribution is 7.80. The number of nitrogens with one attached hydrogen (secondary N) is 1. The van der Waals surface area contributed by atoms with Crippen LogP contribution in [0.1, 0.15) is 12.5 Å². The van der Waals surface area contributed by atoms with Gasteiger partial charge >= 0.3 is 0 Å². The molecule has 1 atom stereocenters. The first kappa shape index (κ1) is 13.5. The first-order chi connectivity index (χ1) is 7.90. The minimum atomic E-state index is -0.974. The number of rotatable bonds is 4. The lowest BCUT2D eigenvalue weighted by Gasteiger charge is -2.12. The fourth-order valence-electron chi connectivity index (χ4n) is 1.20. The van der Waals surface area contributed by atoms with Gasteiger partial charge in [0.1, 0.15) is 0 Å². The molecule has 0 aromatic heterocycles. The summed E-state index contributed by atoms with van der Waals surface area (Å²) in [6.07, 6.45) is -0.0514.